The van der Waals surface area contributed by atoms with Crippen molar-refractivity contribution in [3.05, 3.63) is 56.5 Å². The highest BCUT2D eigenvalue weighted by Crippen LogP contribution is 2.29. The third-order valence-electron chi connectivity index (χ3n) is 6.18. The Hall–Kier alpha value is -2.16. The van der Waals surface area contributed by atoms with Crippen LogP contribution < -0.4 is 5.56 Å². The molecule has 0 N–H and O–H groups in total. The number of carbonyl (C=O) groups excluding carboxylic acids is 1. The lowest BCUT2D eigenvalue weighted by molar-refractivity contribution is 0.0957. The third kappa shape index (κ3) is 4.23. The Morgan fingerprint density at radius 3 is 2.81 bits per heavy atom. The van der Waals surface area contributed by atoms with Crippen LogP contribution in [0.2, 0.25) is 0 Å². The van der Waals surface area contributed by atoms with Crippen LogP contribution in [0.15, 0.2) is 28.7 Å². The molecule has 0 unspecified atom stereocenters. The predicted octanol–water partition coefficient (Wildman–Crippen LogP) is 4.83. The normalized spacial score (nSPS) is 16.2. The maximum atomic E-state index is 13.1. The summed E-state index contributed by atoms with van der Waals surface area (Å²) >= 11 is 2.84. The van der Waals surface area contributed by atoms with Crippen molar-refractivity contribution < 1.29 is 9.53 Å². The van der Waals surface area contributed by atoms with Gasteiger partial charge in [0.2, 0.25) is 0 Å². The van der Waals surface area contributed by atoms with E-state index in [2.05, 4.69) is 11.1 Å². The molecule has 32 heavy (non-hydrogen) atoms. The fourth-order valence-electron chi connectivity index (χ4n) is 4.27. The molecule has 0 saturated carbocycles. The van der Waals surface area contributed by atoms with Crippen LogP contribution in [0.3, 0.4) is 0 Å². The minimum Gasteiger partial charge on any atom is -0.376 e. The monoisotopic (exact) mass is 471 g/mol. The van der Waals surface area contributed by atoms with Crippen molar-refractivity contribution >= 4 is 39.1 Å². The Labute approximate surface area is 196 Å². The SMILES string of the molecule is C=CCn1c(SCC(=O)c2cc(C)n(C[C@H]3CCCO3)c2C)nc2sc(C)c(C)c2c1=O. The van der Waals surface area contributed by atoms with Gasteiger partial charge in [-0.1, -0.05) is 17.8 Å². The second-order valence-corrected chi connectivity index (χ2v) is 10.5. The van der Waals surface area contributed by atoms with E-state index in [0.29, 0.717) is 17.1 Å². The number of carbonyl (C=O) groups is 1. The predicted molar refractivity (Wildman–Crippen MR) is 131 cm³/mol. The van der Waals surface area contributed by atoms with Gasteiger partial charge in [-0.15, -0.1) is 17.9 Å². The van der Waals surface area contributed by atoms with E-state index in [9.17, 15) is 9.59 Å². The number of aromatic nitrogens is 3. The number of fused-ring (bicyclic) bond motifs is 1. The van der Waals surface area contributed by atoms with Crippen molar-refractivity contribution in [3.63, 3.8) is 0 Å². The summed E-state index contributed by atoms with van der Waals surface area (Å²) in [5.74, 6) is 0.266. The summed E-state index contributed by atoms with van der Waals surface area (Å²) < 4.78 is 9.58. The number of aryl methyl sites for hydroxylation is 3. The summed E-state index contributed by atoms with van der Waals surface area (Å²) in [6.07, 6.45) is 4.07. The van der Waals surface area contributed by atoms with E-state index in [4.69, 9.17) is 9.72 Å². The topological polar surface area (TPSA) is 66.1 Å². The molecule has 1 atom stereocenters. The lowest BCUT2D eigenvalue weighted by Crippen LogP contribution is -2.23. The number of hydrogen-bond acceptors (Lipinski definition) is 6. The fraction of sp³-hybridized carbons (Fsp3) is 0.458. The van der Waals surface area contributed by atoms with Gasteiger partial charge in [0.1, 0.15) is 4.83 Å². The zero-order chi connectivity index (χ0) is 23.0. The molecule has 1 saturated heterocycles. The molecule has 3 aromatic rings. The summed E-state index contributed by atoms with van der Waals surface area (Å²) in [6.45, 7) is 13.7. The van der Waals surface area contributed by atoms with Gasteiger partial charge in [-0.25, -0.2) is 4.98 Å². The molecule has 0 bridgehead atoms. The zero-order valence-corrected chi connectivity index (χ0v) is 20.7. The van der Waals surface area contributed by atoms with E-state index in [1.807, 2.05) is 33.8 Å². The third-order valence-corrected chi connectivity index (χ3v) is 8.26. The van der Waals surface area contributed by atoms with Crippen LogP contribution in [-0.4, -0.2) is 38.4 Å². The molecule has 0 aromatic carbocycles. The molecule has 4 heterocycles. The van der Waals surface area contributed by atoms with Gasteiger partial charge < -0.3 is 9.30 Å². The second-order valence-electron chi connectivity index (χ2n) is 8.30. The van der Waals surface area contributed by atoms with E-state index in [-0.39, 0.29) is 23.2 Å². The maximum absolute atomic E-state index is 13.1. The van der Waals surface area contributed by atoms with Crippen LogP contribution >= 0.6 is 23.1 Å². The number of allylic oxidation sites excluding steroid dienone is 1. The largest absolute Gasteiger partial charge is 0.376 e. The second kappa shape index (κ2) is 9.37. The van der Waals surface area contributed by atoms with E-state index >= 15 is 0 Å². The number of Topliss-reactive ketones (excluding diaryl/α,β-unsaturated/α-hetero) is 1. The molecule has 0 aliphatic carbocycles. The molecule has 0 radical (unpaired) electrons. The van der Waals surface area contributed by atoms with Gasteiger partial charge >= 0.3 is 0 Å². The van der Waals surface area contributed by atoms with E-state index in [1.54, 1.807) is 10.6 Å². The van der Waals surface area contributed by atoms with Crippen LogP contribution in [0.1, 0.15) is 45.0 Å². The lowest BCUT2D eigenvalue weighted by atomic mass is 10.2. The van der Waals surface area contributed by atoms with Crippen molar-refractivity contribution in [1.29, 1.82) is 0 Å². The molecule has 6 nitrogen and oxygen atoms in total. The van der Waals surface area contributed by atoms with Crippen molar-refractivity contribution in [2.24, 2.45) is 0 Å². The van der Waals surface area contributed by atoms with Crippen molar-refractivity contribution in [2.75, 3.05) is 12.4 Å². The number of rotatable bonds is 8. The molecule has 8 heteroatoms. The Bertz CT molecular complexity index is 1250. The molecule has 1 fully saturated rings. The Kier molecular flexibility index (Phi) is 6.74. The first-order valence-electron chi connectivity index (χ1n) is 10.9. The fourth-order valence-corrected chi connectivity index (χ4v) is 6.24. The highest BCUT2D eigenvalue weighted by Gasteiger charge is 2.22. The standard InChI is InChI=1S/C24H29N3O3S2/c1-6-9-26-23(29)21-15(3)17(5)32-22(21)25-24(26)31-13-20(28)19-11-14(2)27(16(19)4)12-18-8-7-10-30-18/h6,11,18H,1,7-10,12-13H2,2-5H3/t18-/m1/s1. The zero-order valence-electron chi connectivity index (χ0n) is 19.1. The molecule has 3 aromatic heterocycles. The van der Waals surface area contributed by atoms with Gasteiger partial charge in [0, 0.05) is 41.5 Å². The average Bonchev–Trinajstić information content (AvgIpc) is 3.44. The molecule has 4 rings (SSSR count). The van der Waals surface area contributed by atoms with Crippen molar-refractivity contribution in [2.45, 2.75) is 64.9 Å². The van der Waals surface area contributed by atoms with Crippen LogP contribution in [0.25, 0.3) is 10.2 Å². The number of thiophene rings is 1. The Balaban J connectivity index is 1.58. The molecule has 0 amide bonds. The Morgan fingerprint density at radius 1 is 1.34 bits per heavy atom. The Morgan fingerprint density at radius 2 is 2.12 bits per heavy atom. The van der Waals surface area contributed by atoms with Gasteiger partial charge in [0.15, 0.2) is 10.9 Å². The lowest BCUT2D eigenvalue weighted by Gasteiger charge is -2.15. The molecule has 1 aliphatic rings. The van der Waals surface area contributed by atoms with E-state index in [1.165, 1.54) is 23.1 Å². The number of hydrogen-bond donors (Lipinski definition) is 0. The molecular formula is C24H29N3O3S2. The summed E-state index contributed by atoms with van der Waals surface area (Å²) in [7, 11) is 0. The average molecular weight is 472 g/mol. The number of nitrogens with zero attached hydrogens (tertiary/aromatic N) is 3. The van der Waals surface area contributed by atoms with E-state index < -0.39 is 0 Å². The van der Waals surface area contributed by atoms with Crippen molar-refractivity contribution in [3.8, 4) is 0 Å². The first-order valence-corrected chi connectivity index (χ1v) is 12.7. The summed E-state index contributed by atoms with van der Waals surface area (Å²) in [5, 5.41) is 1.23. The van der Waals surface area contributed by atoms with Crippen LogP contribution in [0.4, 0.5) is 0 Å². The number of thioether (sulfide) groups is 1. The number of ether oxygens (including phenoxy) is 1. The smallest absolute Gasteiger partial charge is 0.263 e. The van der Waals surface area contributed by atoms with Gasteiger partial charge in [-0.05, 0) is 52.2 Å². The number of ketones is 1. The maximum Gasteiger partial charge on any atom is 0.263 e. The molecule has 170 valence electrons. The van der Waals surface area contributed by atoms with Gasteiger partial charge in [0.25, 0.3) is 5.56 Å². The molecular weight excluding hydrogens is 442 g/mol. The molecule has 0 spiro atoms. The van der Waals surface area contributed by atoms with Gasteiger partial charge in [-0.3, -0.25) is 14.2 Å². The van der Waals surface area contributed by atoms with Crippen LogP contribution in [0.5, 0.6) is 0 Å². The minimum atomic E-state index is -0.0681. The highest BCUT2D eigenvalue weighted by molar-refractivity contribution is 7.99. The highest BCUT2D eigenvalue weighted by atomic mass is 32.2. The quantitative estimate of drug-likeness (QED) is 0.204. The van der Waals surface area contributed by atoms with E-state index in [0.717, 1.165) is 58.2 Å². The minimum absolute atomic E-state index is 0.0414. The first kappa shape index (κ1) is 23.0. The van der Waals surface area contributed by atoms with Crippen LogP contribution in [-0.2, 0) is 17.8 Å². The summed E-state index contributed by atoms with van der Waals surface area (Å²) in [6, 6.07) is 1.96. The van der Waals surface area contributed by atoms with Crippen LogP contribution in [0, 0.1) is 27.7 Å². The summed E-state index contributed by atoms with van der Waals surface area (Å²) in [4.78, 5) is 32.8. The van der Waals surface area contributed by atoms with Gasteiger partial charge in [0.05, 0.1) is 17.2 Å². The van der Waals surface area contributed by atoms with Gasteiger partial charge in [-0.2, -0.15) is 0 Å². The summed E-state index contributed by atoms with van der Waals surface area (Å²) in [5.41, 5.74) is 3.68. The van der Waals surface area contributed by atoms with Crippen molar-refractivity contribution in [1.82, 2.24) is 14.1 Å². The first-order chi connectivity index (χ1) is 15.3. The molecule has 1 aliphatic heterocycles.